The van der Waals surface area contributed by atoms with Crippen LogP contribution in [0, 0.1) is 0 Å². The van der Waals surface area contributed by atoms with E-state index in [-0.39, 0.29) is 10.6 Å². The van der Waals surface area contributed by atoms with Gasteiger partial charge in [0.15, 0.2) is 0 Å². The Balaban J connectivity index is 1.75. The summed E-state index contributed by atoms with van der Waals surface area (Å²) >= 11 is 0. The number of hydrogen-bond donors (Lipinski definition) is 3. The molecule has 0 unspecified atom stereocenters. The minimum atomic E-state index is -4.06. The van der Waals surface area contributed by atoms with Crippen molar-refractivity contribution in [2.24, 2.45) is 0 Å². The van der Waals surface area contributed by atoms with Crippen LogP contribution in [0.2, 0.25) is 0 Å². The summed E-state index contributed by atoms with van der Waals surface area (Å²) < 4.78 is 44.7. The minimum absolute atomic E-state index is 0.0640. The van der Waals surface area contributed by atoms with E-state index in [2.05, 4.69) is 15.4 Å². The van der Waals surface area contributed by atoms with Crippen molar-refractivity contribution in [2.45, 2.75) is 31.3 Å². The average Bonchev–Trinajstić information content (AvgIpc) is 2.89. The third-order valence-electron chi connectivity index (χ3n) is 5.31. The van der Waals surface area contributed by atoms with Crippen molar-refractivity contribution in [1.82, 2.24) is 5.32 Å². The van der Waals surface area contributed by atoms with Gasteiger partial charge in [0.2, 0.25) is 0 Å². The summed E-state index contributed by atoms with van der Waals surface area (Å²) in [6.45, 7) is 6.06. The Morgan fingerprint density at radius 1 is 0.846 bits per heavy atom. The van der Waals surface area contributed by atoms with E-state index < -0.39 is 27.7 Å². The maximum absolute atomic E-state index is 13.4. The molecule has 0 fully saturated rings. The Kier molecular flexibility index (Phi) is 9.42. The Hall–Kier alpha value is -4.25. The second-order valence-corrected chi connectivity index (χ2v) is 11.1. The summed E-state index contributed by atoms with van der Waals surface area (Å²) in [7, 11) is -1.37. The van der Waals surface area contributed by atoms with Crippen LogP contribution in [0.15, 0.2) is 71.6 Å². The van der Waals surface area contributed by atoms with Crippen LogP contribution >= 0.6 is 0 Å². The van der Waals surface area contributed by atoms with Crippen LogP contribution < -0.4 is 20.1 Å². The highest BCUT2D eigenvalue weighted by atomic mass is 32.2. The molecule has 3 aromatic rings. The van der Waals surface area contributed by atoms with Crippen molar-refractivity contribution in [2.75, 3.05) is 37.3 Å². The zero-order chi connectivity index (χ0) is 28.6. The monoisotopic (exact) mass is 555 g/mol. The first kappa shape index (κ1) is 29.3. The number of sulfonamides is 1. The van der Waals surface area contributed by atoms with Crippen LogP contribution in [0.1, 0.15) is 31.1 Å². The molecule has 0 saturated carbocycles. The molecule has 3 aromatic carbocycles. The molecule has 39 heavy (non-hydrogen) atoms. The SMILES string of the molecule is COC(=O)c1cccc(-c2ccc(OC)c(S(=O)(=O)Nc3cccc(NCCNC(=O)OC(C)(C)C)c3)c2)c1. The van der Waals surface area contributed by atoms with Gasteiger partial charge in [-0.25, -0.2) is 18.0 Å². The fourth-order valence-corrected chi connectivity index (χ4v) is 4.84. The summed E-state index contributed by atoms with van der Waals surface area (Å²) in [4.78, 5) is 23.6. The van der Waals surface area contributed by atoms with Crippen LogP contribution in [0.5, 0.6) is 5.75 Å². The van der Waals surface area contributed by atoms with Gasteiger partial charge in [-0.05, 0) is 74.4 Å². The topological polar surface area (TPSA) is 132 Å². The van der Waals surface area contributed by atoms with Gasteiger partial charge in [-0.15, -0.1) is 0 Å². The fourth-order valence-electron chi connectivity index (χ4n) is 3.60. The molecule has 0 aliphatic heterocycles. The number of carbonyl (C=O) groups is 2. The first-order valence-corrected chi connectivity index (χ1v) is 13.6. The average molecular weight is 556 g/mol. The first-order chi connectivity index (χ1) is 18.4. The summed E-state index contributed by atoms with van der Waals surface area (Å²) in [6, 6.07) is 18.2. The minimum Gasteiger partial charge on any atom is -0.495 e. The van der Waals surface area contributed by atoms with Gasteiger partial charge in [-0.2, -0.15) is 0 Å². The van der Waals surface area contributed by atoms with E-state index in [4.69, 9.17) is 14.2 Å². The number of amides is 1. The second kappa shape index (κ2) is 12.5. The Morgan fingerprint density at radius 3 is 2.23 bits per heavy atom. The number of hydrogen-bond acceptors (Lipinski definition) is 8. The van der Waals surface area contributed by atoms with Crippen molar-refractivity contribution in [3.05, 3.63) is 72.3 Å². The predicted molar refractivity (Wildman–Crippen MR) is 150 cm³/mol. The van der Waals surface area contributed by atoms with E-state index >= 15 is 0 Å². The lowest BCUT2D eigenvalue weighted by Crippen LogP contribution is -2.34. The molecule has 3 N–H and O–H groups in total. The van der Waals surface area contributed by atoms with Crippen molar-refractivity contribution in [3.63, 3.8) is 0 Å². The number of carbonyl (C=O) groups excluding carboxylic acids is 2. The number of anilines is 2. The number of benzene rings is 3. The van der Waals surface area contributed by atoms with E-state index in [1.165, 1.54) is 20.3 Å². The molecule has 0 spiro atoms. The Labute approximate surface area is 228 Å². The molecule has 0 saturated heterocycles. The summed E-state index contributed by atoms with van der Waals surface area (Å²) in [6.07, 6.45) is -0.515. The molecule has 0 bridgehead atoms. The van der Waals surface area contributed by atoms with Crippen molar-refractivity contribution in [1.29, 1.82) is 0 Å². The molecule has 1 amide bonds. The molecule has 0 atom stereocenters. The second-order valence-electron chi connectivity index (χ2n) is 9.48. The molecule has 3 rings (SSSR count). The fraction of sp³-hybridized carbons (Fsp3) is 0.286. The van der Waals surface area contributed by atoms with Crippen LogP contribution in [0.4, 0.5) is 16.2 Å². The number of ether oxygens (including phenoxy) is 3. The van der Waals surface area contributed by atoms with Gasteiger partial charge in [0.25, 0.3) is 10.0 Å². The van der Waals surface area contributed by atoms with Gasteiger partial charge in [0.05, 0.1) is 25.5 Å². The van der Waals surface area contributed by atoms with Gasteiger partial charge in [0, 0.05) is 18.8 Å². The third-order valence-corrected chi connectivity index (χ3v) is 6.71. The van der Waals surface area contributed by atoms with Gasteiger partial charge in [0.1, 0.15) is 16.2 Å². The number of rotatable bonds is 10. The zero-order valence-electron chi connectivity index (χ0n) is 22.5. The molecule has 10 nitrogen and oxygen atoms in total. The molecule has 0 aliphatic carbocycles. The summed E-state index contributed by atoms with van der Waals surface area (Å²) in [5.41, 5.74) is 1.97. The first-order valence-electron chi connectivity index (χ1n) is 12.1. The molecule has 0 heterocycles. The van der Waals surface area contributed by atoms with E-state index in [1.807, 2.05) is 0 Å². The summed E-state index contributed by atoms with van der Waals surface area (Å²) in [5.74, 6) is -0.327. The van der Waals surface area contributed by atoms with E-state index in [1.54, 1.807) is 81.4 Å². The molecule has 0 aliphatic rings. The maximum Gasteiger partial charge on any atom is 0.407 e. The largest absolute Gasteiger partial charge is 0.495 e. The zero-order valence-corrected chi connectivity index (χ0v) is 23.3. The van der Waals surface area contributed by atoms with Crippen molar-refractivity contribution in [3.8, 4) is 16.9 Å². The quantitative estimate of drug-likeness (QED) is 0.238. The Morgan fingerprint density at radius 2 is 1.54 bits per heavy atom. The molecule has 0 radical (unpaired) electrons. The van der Waals surface area contributed by atoms with Crippen molar-refractivity contribution >= 4 is 33.5 Å². The van der Waals surface area contributed by atoms with E-state index in [9.17, 15) is 18.0 Å². The van der Waals surface area contributed by atoms with Crippen LogP contribution in [-0.2, 0) is 19.5 Å². The third kappa shape index (κ3) is 8.37. The van der Waals surface area contributed by atoms with Crippen molar-refractivity contribution < 1.29 is 32.2 Å². The Bertz CT molecular complexity index is 1430. The lowest BCUT2D eigenvalue weighted by molar-refractivity contribution is 0.0528. The van der Waals surface area contributed by atoms with Gasteiger partial charge in [-0.1, -0.05) is 24.3 Å². The number of alkyl carbamates (subject to hydrolysis) is 1. The molecular weight excluding hydrogens is 522 g/mol. The van der Waals surface area contributed by atoms with Crippen LogP contribution in [0.25, 0.3) is 11.1 Å². The number of methoxy groups -OCH3 is 2. The van der Waals surface area contributed by atoms with Gasteiger partial charge < -0.3 is 24.8 Å². The normalized spacial score (nSPS) is 11.3. The molecule has 11 heteroatoms. The lowest BCUT2D eigenvalue weighted by Gasteiger charge is -2.19. The highest BCUT2D eigenvalue weighted by molar-refractivity contribution is 7.92. The predicted octanol–water partition coefficient (Wildman–Crippen LogP) is 4.89. The van der Waals surface area contributed by atoms with Gasteiger partial charge in [-0.3, -0.25) is 4.72 Å². The van der Waals surface area contributed by atoms with Gasteiger partial charge >= 0.3 is 12.1 Å². The highest BCUT2D eigenvalue weighted by Gasteiger charge is 2.21. The van der Waals surface area contributed by atoms with Crippen LogP contribution in [-0.4, -0.2) is 53.4 Å². The van der Waals surface area contributed by atoms with E-state index in [0.717, 1.165) is 0 Å². The number of nitrogens with one attached hydrogen (secondary N) is 3. The molecule has 0 aromatic heterocycles. The standard InChI is InChI=1S/C28H33N3O7S/c1-28(2,3)38-27(33)30-15-14-29-22-10-7-11-23(18-22)31-39(34,35)25-17-20(12-13-24(25)36-4)19-8-6-9-21(16-19)26(32)37-5/h6-13,16-18,29,31H,14-15H2,1-5H3,(H,30,33). The smallest absolute Gasteiger partial charge is 0.407 e. The van der Waals surface area contributed by atoms with E-state index in [0.29, 0.717) is 41.2 Å². The maximum atomic E-state index is 13.4. The molecular formula is C28H33N3O7S. The number of esters is 1. The van der Waals surface area contributed by atoms with Crippen LogP contribution in [0.3, 0.4) is 0 Å². The molecule has 208 valence electrons. The highest BCUT2D eigenvalue weighted by Crippen LogP contribution is 2.32. The summed E-state index contributed by atoms with van der Waals surface area (Å²) in [5, 5.41) is 5.79. The lowest BCUT2D eigenvalue weighted by atomic mass is 10.0.